The predicted octanol–water partition coefficient (Wildman–Crippen LogP) is 5.62. The van der Waals surface area contributed by atoms with Crippen LogP contribution in [0.2, 0.25) is 0 Å². The Morgan fingerprint density at radius 1 is 1.15 bits per heavy atom. The third-order valence-electron chi connectivity index (χ3n) is 6.23. The maximum absolute atomic E-state index is 2.43. The van der Waals surface area contributed by atoms with Gasteiger partial charge in [0.15, 0.2) is 0 Å². The van der Waals surface area contributed by atoms with E-state index in [0.29, 0.717) is 11.8 Å². The highest BCUT2D eigenvalue weighted by molar-refractivity contribution is 5.81. The zero-order valence-corrected chi connectivity index (χ0v) is 17.6. The Kier molecular flexibility index (Phi) is 4.49. The molecule has 3 heterocycles. The molecule has 3 heteroatoms. The van der Waals surface area contributed by atoms with Gasteiger partial charge in [-0.15, -0.1) is 0 Å². The summed E-state index contributed by atoms with van der Waals surface area (Å²) in [7, 11) is 4.47. The van der Waals surface area contributed by atoms with Crippen molar-refractivity contribution in [2.45, 2.75) is 58.9 Å². The Bertz CT molecular complexity index is 997. The summed E-state index contributed by atoms with van der Waals surface area (Å²) >= 11 is 0. The number of aryl methyl sites for hydroxylation is 2. The van der Waals surface area contributed by atoms with E-state index in [-0.39, 0.29) is 0 Å². The maximum Gasteiger partial charge on any atom is 0.235 e. The molecule has 3 nitrogen and oxygen atoms in total. The molecule has 1 unspecified atom stereocenters. The van der Waals surface area contributed by atoms with E-state index in [9.17, 15) is 0 Å². The minimum atomic E-state index is 0.402. The van der Waals surface area contributed by atoms with Crippen molar-refractivity contribution in [3.8, 4) is 0 Å². The van der Waals surface area contributed by atoms with E-state index in [4.69, 9.17) is 0 Å². The fourth-order valence-corrected chi connectivity index (χ4v) is 4.81. The third-order valence-corrected chi connectivity index (χ3v) is 6.23. The second-order valence-electron chi connectivity index (χ2n) is 8.34. The van der Waals surface area contributed by atoms with Crippen molar-refractivity contribution in [1.29, 1.82) is 0 Å². The zero-order valence-electron chi connectivity index (χ0n) is 17.6. The highest BCUT2D eigenvalue weighted by Gasteiger charge is 2.35. The Labute approximate surface area is 163 Å². The highest BCUT2D eigenvalue weighted by Crippen LogP contribution is 2.46. The highest BCUT2D eigenvalue weighted by atomic mass is 15.3. The molecule has 142 valence electrons. The van der Waals surface area contributed by atoms with Crippen LogP contribution in [0.25, 0.3) is 11.0 Å². The van der Waals surface area contributed by atoms with E-state index in [0.717, 1.165) is 6.54 Å². The Morgan fingerprint density at radius 2 is 1.93 bits per heavy atom. The molecule has 27 heavy (non-hydrogen) atoms. The summed E-state index contributed by atoms with van der Waals surface area (Å²) in [4.78, 5) is 2.43. The van der Waals surface area contributed by atoms with Crippen LogP contribution in [-0.4, -0.2) is 11.6 Å². The number of anilines is 2. The van der Waals surface area contributed by atoms with Gasteiger partial charge in [-0.1, -0.05) is 52.3 Å². The van der Waals surface area contributed by atoms with Crippen LogP contribution in [0.3, 0.4) is 0 Å². The number of benzene rings is 1. The van der Waals surface area contributed by atoms with Gasteiger partial charge in [0, 0.05) is 11.5 Å². The number of rotatable bonds is 4. The minimum absolute atomic E-state index is 0.402. The van der Waals surface area contributed by atoms with Crippen molar-refractivity contribution < 1.29 is 4.57 Å². The first-order valence-corrected chi connectivity index (χ1v) is 10.3. The van der Waals surface area contributed by atoms with Gasteiger partial charge in [-0.25, -0.2) is 4.57 Å². The molecule has 0 N–H and O–H groups in total. The third kappa shape index (κ3) is 2.67. The van der Waals surface area contributed by atoms with Crippen LogP contribution in [0.15, 0.2) is 36.5 Å². The number of nitrogens with zero attached hydrogens (tertiary/aromatic N) is 3. The lowest BCUT2D eigenvalue weighted by molar-refractivity contribution is -0.635. The van der Waals surface area contributed by atoms with Gasteiger partial charge in [-0.2, -0.15) is 0 Å². The summed E-state index contributed by atoms with van der Waals surface area (Å²) in [5, 5.41) is 1.34. The van der Waals surface area contributed by atoms with E-state index in [1.807, 2.05) is 0 Å². The van der Waals surface area contributed by atoms with Crippen LogP contribution in [0, 0.1) is 0 Å². The molecule has 1 aliphatic rings. The molecule has 0 bridgehead atoms. The first kappa shape index (κ1) is 18.1. The average Bonchev–Trinajstić information content (AvgIpc) is 3.07. The van der Waals surface area contributed by atoms with Gasteiger partial charge < -0.3 is 0 Å². The number of fused-ring (bicyclic) bond motifs is 3. The lowest BCUT2D eigenvalue weighted by atomic mass is 9.84. The lowest BCUT2D eigenvalue weighted by Crippen LogP contribution is -2.41. The smallest absolute Gasteiger partial charge is 0.235 e. The van der Waals surface area contributed by atoms with Crippen molar-refractivity contribution in [1.82, 2.24) is 4.57 Å². The summed E-state index contributed by atoms with van der Waals surface area (Å²) in [6.45, 7) is 10.3. The number of hydrogen-bond acceptors (Lipinski definition) is 1. The average molecular weight is 363 g/mol. The molecular formula is C24H32N3+. The molecule has 0 radical (unpaired) electrons. The van der Waals surface area contributed by atoms with Crippen molar-refractivity contribution in [3.63, 3.8) is 0 Å². The summed E-state index contributed by atoms with van der Waals surface area (Å²) in [6.07, 6.45) is 4.69. The van der Waals surface area contributed by atoms with E-state index in [1.54, 1.807) is 0 Å². The van der Waals surface area contributed by atoms with Gasteiger partial charge in [-0.3, -0.25) is 9.47 Å². The zero-order chi connectivity index (χ0) is 19.3. The summed E-state index contributed by atoms with van der Waals surface area (Å²) in [5.74, 6) is 2.24. The van der Waals surface area contributed by atoms with Crippen LogP contribution in [0.1, 0.15) is 69.1 Å². The molecule has 1 aliphatic heterocycles. The van der Waals surface area contributed by atoms with Crippen LogP contribution in [0.4, 0.5) is 11.5 Å². The van der Waals surface area contributed by atoms with Gasteiger partial charge in [0.25, 0.3) is 0 Å². The topological polar surface area (TPSA) is 12.0 Å². The first-order valence-electron chi connectivity index (χ1n) is 10.3. The van der Waals surface area contributed by atoms with Gasteiger partial charge in [0.1, 0.15) is 5.69 Å². The van der Waals surface area contributed by atoms with E-state index >= 15 is 0 Å². The summed E-state index contributed by atoms with van der Waals surface area (Å²) in [6, 6.07) is 11.5. The molecule has 3 aromatic rings. The number of unbranched alkanes of at least 4 members (excludes halogenated alkanes) is 1. The molecule has 0 aliphatic carbocycles. The number of hydrogen-bond donors (Lipinski definition) is 0. The van der Waals surface area contributed by atoms with Crippen LogP contribution >= 0.6 is 0 Å². The van der Waals surface area contributed by atoms with Gasteiger partial charge >= 0.3 is 0 Å². The second kappa shape index (κ2) is 6.70. The maximum atomic E-state index is 2.43. The molecule has 0 spiro atoms. The van der Waals surface area contributed by atoms with Crippen LogP contribution < -0.4 is 9.47 Å². The monoisotopic (exact) mass is 362 g/mol. The molecule has 4 rings (SSSR count). The van der Waals surface area contributed by atoms with Crippen molar-refractivity contribution >= 4 is 22.5 Å². The van der Waals surface area contributed by atoms with E-state index in [1.165, 1.54) is 52.1 Å². The predicted molar refractivity (Wildman–Crippen MR) is 114 cm³/mol. The van der Waals surface area contributed by atoms with Gasteiger partial charge in [0.2, 0.25) is 11.5 Å². The minimum Gasteiger partial charge on any atom is -0.266 e. The molecule has 0 fully saturated rings. The van der Waals surface area contributed by atoms with Crippen molar-refractivity contribution in [2.24, 2.45) is 7.05 Å². The number of pyridine rings is 1. The largest absolute Gasteiger partial charge is 0.266 e. The molecule has 2 aromatic heterocycles. The quantitative estimate of drug-likeness (QED) is 0.548. The Morgan fingerprint density at radius 3 is 2.63 bits per heavy atom. The molecule has 0 saturated heterocycles. The lowest BCUT2D eigenvalue weighted by Gasteiger charge is -2.33. The van der Waals surface area contributed by atoms with Crippen LogP contribution in [-0.2, 0) is 13.6 Å². The molecule has 0 amide bonds. The summed E-state index contributed by atoms with van der Waals surface area (Å²) < 4.78 is 4.83. The van der Waals surface area contributed by atoms with Crippen molar-refractivity contribution in [3.05, 3.63) is 53.2 Å². The van der Waals surface area contributed by atoms with E-state index in [2.05, 4.69) is 92.4 Å². The molecular weight excluding hydrogens is 330 g/mol. The standard InChI is InChI=1S/C24H32N3/c1-7-8-13-27-14-12-18-15-21-17(4)20-11-9-10-19(16(2)3)22(20)25(5)24(21)26(6)23(18)27/h9-12,14-17H,7-8,13H2,1-6H3/q+1. The summed E-state index contributed by atoms with van der Waals surface area (Å²) in [5.41, 5.74) is 7.03. The number of para-hydroxylation sites is 1. The fraction of sp³-hybridized carbons (Fsp3) is 0.458. The van der Waals surface area contributed by atoms with Crippen LogP contribution in [0.5, 0.6) is 0 Å². The molecule has 1 aromatic carbocycles. The van der Waals surface area contributed by atoms with Crippen molar-refractivity contribution in [2.75, 3.05) is 11.9 Å². The van der Waals surface area contributed by atoms with Gasteiger partial charge in [-0.05, 0) is 35.6 Å². The molecule has 1 atom stereocenters. The fourth-order valence-electron chi connectivity index (χ4n) is 4.81. The SMILES string of the molecule is CCCCn1ccc2cc3c([n+](C)c21)N(C)c1c(C(C)C)cccc1C3C. The Hall–Kier alpha value is -2.29. The second-order valence-corrected chi connectivity index (χ2v) is 8.34. The van der Waals surface area contributed by atoms with E-state index < -0.39 is 0 Å². The first-order chi connectivity index (χ1) is 13.0. The Balaban J connectivity index is 1.96. The normalized spacial score (nSPS) is 16.1. The number of aromatic nitrogens is 2. The molecule has 0 saturated carbocycles. The van der Waals surface area contributed by atoms with Gasteiger partial charge in [0.05, 0.1) is 32.2 Å².